The molecule has 1 N–H and O–H groups in total. The van der Waals surface area contributed by atoms with Gasteiger partial charge in [-0.05, 0) is 39.2 Å². The van der Waals surface area contributed by atoms with Gasteiger partial charge in [-0.2, -0.15) is 0 Å². The van der Waals surface area contributed by atoms with Gasteiger partial charge in [-0.1, -0.05) is 0 Å². The van der Waals surface area contributed by atoms with E-state index >= 15 is 0 Å². The molecule has 0 spiro atoms. The molecule has 1 aromatic heterocycles. The van der Waals surface area contributed by atoms with E-state index in [4.69, 9.17) is 14.2 Å². The van der Waals surface area contributed by atoms with Crippen molar-refractivity contribution in [2.75, 3.05) is 57.9 Å². The fraction of sp³-hybridized carbons (Fsp3) is 0.667. The molecule has 0 aliphatic carbocycles. The Balaban J connectivity index is 1.66. The van der Waals surface area contributed by atoms with E-state index in [0.717, 1.165) is 50.4 Å². The predicted molar refractivity (Wildman–Crippen MR) is 117 cm³/mol. The SMILES string of the molecule is CCOC(=O)c1sc(NC(=O)N2CCN(C[C@@H]3CCCO3)CC2)c(C(=O)OCC)c1C. The molecular weight excluding hydrogens is 422 g/mol. The number of hydrogen-bond acceptors (Lipinski definition) is 8. The molecule has 3 heterocycles. The Labute approximate surface area is 186 Å². The first-order valence-electron chi connectivity index (χ1n) is 10.8. The highest BCUT2D eigenvalue weighted by Gasteiger charge is 2.30. The molecule has 1 atom stereocenters. The van der Waals surface area contributed by atoms with Crippen LogP contribution < -0.4 is 5.32 Å². The molecule has 0 radical (unpaired) electrons. The minimum absolute atomic E-state index is 0.197. The molecule has 2 aliphatic rings. The van der Waals surface area contributed by atoms with E-state index in [0.29, 0.717) is 34.6 Å². The number of ether oxygens (including phenoxy) is 3. The van der Waals surface area contributed by atoms with Gasteiger partial charge in [0.15, 0.2) is 0 Å². The molecular formula is C21H31N3O6S. The van der Waals surface area contributed by atoms with E-state index in [1.807, 2.05) is 0 Å². The van der Waals surface area contributed by atoms with Crippen LogP contribution in [0.1, 0.15) is 52.3 Å². The Morgan fingerprint density at radius 3 is 2.39 bits per heavy atom. The number of amides is 2. The number of urea groups is 1. The fourth-order valence-corrected chi connectivity index (χ4v) is 4.91. The average Bonchev–Trinajstić information content (AvgIpc) is 3.36. The lowest BCUT2D eigenvalue weighted by atomic mass is 10.1. The van der Waals surface area contributed by atoms with E-state index in [1.54, 1.807) is 25.7 Å². The summed E-state index contributed by atoms with van der Waals surface area (Å²) in [6.45, 7) is 9.96. The molecule has 1 aromatic rings. The van der Waals surface area contributed by atoms with Crippen molar-refractivity contribution < 1.29 is 28.6 Å². The Morgan fingerprint density at radius 1 is 1.10 bits per heavy atom. The summed E-state index contributed by atoms with van der Waals surface area (Å²) in [5, 5.41) is 3.13. The lowest BCUT2D eigenvalue weighted by Crippen LogP contribution is -2.51. The van der Waals surface area contributed by atoms with Crippen LogP contribution in [0.4, 0.5) is 9.80 Å². The second-order valence-electron chi connectivity index (χ2n) is 7.55. The van der Waals surface area contributed by atoms with Gasteiger partial charge in [-0.25, -0.2) is 14.4 Å². The monoisotopic (exact) mass is 453 g/mol. The number of carbonyl (C=O) groups is 3. The zero-order valence-electron chi connectivity index (χ0n) is 18.4. The van der Waals surface area contributed by atoms with Gasteiger partial charge < -0.3 is 19.1 Å². The van der Waals surface area contributed by atoms with Crippen molar-refractivity contribution in [3.63, 3.8) is 0 Å². The van der Waals surface area contributed by atoms with Crippen LogP contribution in [0.25, 0.3) is 0 Å². The first-order chi connectivity index (χ1) is 14.9. The highest BCUT2D eigenvalue weighted by molar-refractivity contribution is 7.18. The molecule has 2 saturated heterocycles. The molecule has 10 heteroatoms. The van der Waals surface area contributed by atoms with Crippen LogP contribution in [0.3, 0.4) is 0 Å². The third kappa shape index (κ3) is 5.75. The van der Waals surface area contributed by atoms with Crippen LogP contribution in [-0.2, 0) is 14.2 Å². The number of rotatable bonds is 7. The maximum atomic E-state index is 12.9. The molecule has 0 unspecified atom stereocenters. The number of thiophene rings is 1. The van der Waals surface area contributed by atoms with Gasteiger partial charge >= 0.3 is 18.0 Å². The summed E-state index contributed by atoms with van der Waals surface area (Å²) < 4.78 is 15.9. The molecule has 0 bridgehead atoms. The summed E-state index contributed by atoms with van der Waals surface area (Å²) in [4.78, 5) is 42.0. The lowest BCUT2D eigenvalue weighted by Gasteiger charge is -2.35. The Kier molecular flexibility index (Phi) is 8.28. The van der Waals surface area contributed by atoms with Crippen molar-refractivity contribution in [3.05, 3.63) is 16.0 Å². The Bertz CT molecular complexity index is 797. The predicted octanol–water partition coefficient (Wildman–Crippen LogP) is 2.74. The number of nitrogens with one attached hydrogen (secondary N) is 1. The van der Waals surface area contributed by atoms with Crippen LogP contribution in [0.15, 0.2) is 0 Å². The normalized spacial score (nSPS) is 19.3. The third-order valence-corrected chi connectivity index (χ3v) is 6.64. The molecule has 3 rings (SSSR count). The van der Waals surface area contributed by atoms with E-state index in [2.05, 4.69) is 10.2 Å². The van der Waals surface area contributed by atoms with Crippen LogP contribution in [0, 0.1) is 6.92 Å². The van der Waals surface area contributed by atoms with Gasteiger partial charge in [-0.15, -0.1) is 11.3 Å². The average molecular weight is 454 g/mol. The van der Waals surface area contributed by atoms with E-state index < -0.39 is 11.9 Å². The van der Waals surface area contributed by atoms with E-state index in [9.17, 15) is 14.4 Å². The maximum absolute atomic E-state index is 12.9. The largest absolute Gasteiger partial charge is 0.462 e. The minimum atomic E-state index is -0.566. The van der Waals surface area contributed by atoms with Crippen molar-refractivity contribution in [1.82, 2.24) is 9.80 Å². The molecule has 2 fully saturated rings. The van der Waals surface area contributed by atoms with Gasteiger partial charge in [0.2, 0.25) is 0 Å². The summed E-state index contributed by atoms with van der Waals surface area (Å²) in [6.07, 6.45) is 2.50. The number of piperazine rings is 1. The molecule has 0 aromatic carbocycles. The summed E-state index contributed by atoms with van der Waals surface area (Å²) in [5.41, 5.74) is 0.666. The first-order valence-corrected chi connectivity index (χ1v) is 11.6. The van der Waals surface area contributed by atoms with E-state index in [1.165, 1.54) is 0 Å². The Hall–Kier alpha value is -2.17. The highest BCUT2D eigenvalue weighted by atomic mass is 32.1. The summed E-state index contributed by atoms with van der Waals surface area (Å²) in [5.74, 6) is -1.08. The van der Waals surface area contributed by atoms with Crippen LogP contribution in [-0.4, -0.2) is 86.4 Å². The topological polar surface area (TPSA) is 97.4 Å². The fourth-order valence-electron chi connectivity index (χ4n) is 3.83. The quantitative estimate of drug-likeness (QED) is 0.634. The summed E-state index contributed by atoms with van der Waals surface area (Å²) in [6, 6.07) is -0.293. The van der Waals surface area contributed by atoms with Crippen molar-refractivity contribution in [2.45, 2.75) is 39.7 Å². The van der Waals surface area contributed by atoms with Crippen molar-refractivity contribution in [1.29, 1.82) is 0 Å². The number of esters is 2. The number of carbonyl (C=O) groups excluding carboxylic acids is 3. The second-order valence-corrected chi connectivity index (χ2v) is 8.57. The van der Waals surface area contributed by atoms with Crippen LogP contribution in [0.2, 0.25) is 0 Å². The third-order valence-electron chi connectivity index (χ3n) is 5.45. The zero-order valence-corrected chi connectivity index (χ0v) is 19.2. The van der Waals surface area contributed by atoms with Gasteiger partial charge in [0.05, 0.1) is 24.9 Å². The number of nitrogens with zero attached hydrogens (tertiary/aromatic N) is 2. The molecule has 9 nitrogen and oxygen atoms in total. The first kappa shape index (κ1) is 23.5. The van der Waals surface area contributed by atoms with Gasteiger partial charge in [0.1, 0.15) is 9.88 Å². The van der Waals surface area contributed by atoms with Crippen molar-refractivity contribution >= 4 is 34.3 Å². The highest BCUT2D eigenvalue weighted by Crippen LogP contribution is 2.34. The van der Waals surface area contributed by atoms with Gasteiger partial charge in [-0.3, -0.25) is 10.2 Å². The van der Waals surface area contributed by atoms with Crippen molar-refractivity contribution in [3.8, 4) is 0 Å². The molecule has 2 aliphatic heterocycles. The summed E-state index contributed by atoms with van der Waals surface area (Å²) >= 11 is 1.04. The zero-order chi connectivity index (χ0) is 22.4. The number of anilines is 1. The van der Waals surface area contributed by atoms with E-state index in [-0.39, 0.29) is 24.8 Å². The van der Waals surface area contributed by atoms with Crippen LogP contribution in [0.5, 0.6) is 0 Å². The molecule has 2 amide bonds. The minimum Gasteiger partial charge on any atom is -0.462 e. The summed E-state index contributed by atoms with van der Waals surface area (Å²) in [7, 11) is 0. The lowest BCUT2D eigenvalue weighted by molar-refractivity contribution is 0.0527. The smallest absolute Gasteiger partial charge is 0.348 e. The van der Waals surface area contributed by atoms with Gasteiger partial charge in [0.25, 0.3) is 0 Å². The standard InChI is InChI=1S/C21H31N3O6S/c1-4-28-19(25)16-14(3)17(20(26)29-5-2)31-18(16)22-21(27)24-10-8-23(9-11-24)13-15-7-6-12-30-15/h15H,4-13H2,1-3H3,(H,22,27)/t15-/m0/s1. The second kappa shape index (κ2) is 10.9. The maximum Gasteiger partial charge on any atom is 0.348 e. The van der Waals surface area contributed by atoms with Crippen molar-refractivity contribution in [2.24, 2.45) is 0 Å². The van der Waals surface area contributed by atoms with Crippen LogP contribution >= 0.6 is 11.3 Å². The molecule has 31 heavy (non-hydrogen) atoms. The number of hydrogen-bond donors (Lipinski definition) is 1. The van der Waals surface area contributed by atoms with Gasteiger partial charge in [0, 0.05) is 39.3 Å². The molecule has 0 saturated carbocycles. The Morgan fingerprint density at radius 2 is 1.77 bits per heavy atom. The molecule has 172 valence electrons.